The van der Waals surface area contributed by atoms with Crippen molar-refractivity contribution >= 4 is 39.3 Å². The molecule has 104 valence electrons. The topological polar surface area (TPSA) is 71.1 Å². The number of nitrogens with zero attached hydrogens (tertiary/aromatic N) is 1. The zero-order valence-corrected chi connectivity index (χ0v) is 13.0. The maximum Gasteiger partial charge on any atom is 0.254 e. The lowest BCUT2D eigenvalue weighted by molar-refractivity contribution is -0.120. The fourth-order valence-electron chi connectivity index (χ4n) is 1.22. The maximum absolute atomic E-state index is 11.8. The molecule has 7 heteroatoms. The minimum absolute atomic E-state index is 0.0889. The molecule has 0 aliphatic heterocycles. The van der Waals surface area contributed by atoms with Gasteiger partial charge in [0.25, 0.3) is 5.91 Å². The summed E-state index contributed by atoms with van der Waals surface area (Å²) in [5.74, 6) is -0.303. The summed E-state index contributed by atoms with van der Waals surface area (Å²) in [4.78, 5) is 27.1. The minimum atomic E-state index is -0.432. The fourth-order valence-corrected chi connectivity index (χ4v) is 1.74. The predicted molar refractivity (Wildman–Crippen MR) is 77.1 cm³/mol. The average molecular weight is 349 g/mol. The molecule has 19 heavy (non-hydrogen) atoms. The Morgan fingerprint density at radius 3 is 2.74 bits per heavy atom. The van der Waals surface area contributed by atoms with Crippen molar-refractivity contribution in [1.29, 1.82) is 0 Å². The molecule has 1 aromatic rings. The van der Waals surface area contributed by atoms with E-state index in [1.165, 1.54) is 6.20 Å². The van der Waals surface area contributed by atoms with E-state index >= 15 is 0 Å². The van der Waals surface area contributed by atoms with Crippen molar-refractivity contribution in [3.8, 4) is 0 Å². The van der Waals surface area contributed by atoms with Gasteiger partial charge in [-0.2, -0.15) is 0 Å². The third-order valence-corrected chi connectivity index (χ3v) is 2.90. The molecule has 2 amide bonds. The maximum atomic E-state index is 11.8. The van der Waals surface area contributed by atoms with Gasteiger partial charge in [-0.15, -0.1) is 0 Å². The summed E-state index contributed by atoms with van der Waals surface area (Å²) in [6, 6.07) is 1.55. The van der Waals surface area contributed by atoms with Crippen molar-refractivity contribution in [1.82, 2.24) is 15.6 Å². The highest BCUT2D eigenvalue weighted by atomic mass is 79.9. The molecular weight excluding hydrogens is 334 g/mol. The Hall–Kier alpha value is -1.14. The van der Waals surface area contributed by atoms with E-state index in [1.807, 2.05) is 13.8 Å². The van der Waals surface area contributed by atoms with Crippen LogP contribution in [0.15, 0.2) is 16.7 Å². The van der Waals surface area contributed by atoms with Gasteiger partial charge in [-0.25, -0.2) is 4.98 Å². The van der Waals surface area contributed by atoms with Gasteiger partial charge in [-0.1, -0.05) is 25.4 Å². The minimum Gasteiger partial charge on any atom is -0.354 e. The Kier molecular flexibility index (Phi) is 6.24. The summed E-state index contributed by atoms with van der Waals surface area (Å²) in [7, 11) is 0. The lowest BCUT2D eigenvalue weighted by Gasteiger charge is -2.09. The second-order valence-corrected chi connectivity index (χ2v) is 5.65. The van der Waals surface area contributed by atoms with Crippen LogP contribution in [0.5, 0.6) is 0 Å². The molecule has 0 saturated heterocycles. The molecule has 1 heterocycles. The predicted octanol–water partition coefficient (Wildman–Crippen LogP) is 2.00. The highest BCUT2D eigenvalue weighted by Gasteiger charge is 2.13. The van der Waals surface area contributed by atoms with Crippen LogP contribution in [0.25, 0.3) is 0 Å². The molecule has 0 unspecified atom stereocenters. The Bertz CT molecular complexity index is 480. The summed E-state index contributed by atoms with van der Waals surface area (Å²) in [6.45, 7) is 4.47. The third kappa shape index (κ3) is 5.57. The fraction of sp³-hybridized carbons (Fsp3) is 0.417. The van der Waals surface area contributed by atoms with Gasteiger partial charge in [0.15, 0.2) is 0 Å². The second-order valence-electron chi connectivity index (χ2n) is 4.37. The van der Waals surface area contributed by atoms with Crippen LogP contribution in [0.2, 0.25) is 5.15 Å². The van der Waals surface area contributed by atoms with Crippen LogP contribution >= 0.6 is 27.5 Å². The van der Waals surface area contributed by atoms with Gasteiger partial charge in [0, 0.05) is 17.2 Å². The Morgan fingerprint density at radius 2 is 2.11 bits per heavy atom. The number of rotatable bonds is 5. The van der Waals surface area contributed by atoms with Crippen molar-refractivity contribution < 1.29 is 9.59 Å². The van der Waals surface area contributed by atoms with Crippen molar-refractivity contribution in [3.05, 3.63) is 27.5 Å². The van der Waals surface area contributed by atoms with Gasteiger partial charge in [0.05, 0.1) is 12.1 Å². The van der Waals surface area contributed by atoms with Crippen LogP contribution in [-0.2, 0) is 4.79 Å². The lowest BCUT2D eigenvalue weighted by Crippen LogP contribution is -2.38. The smallest absolute Gasteiger partial charge is 0.254 e. The number of carbonyl (C=O) groups is 2. The number of nitrogens with one attached hydrogen (secondary N) is 2. The highest BCUT2D eigenvalue weighted by Crippen LogP contribution is 2.17. The van der Waals surface area contributed by atoms with Gasteiger partial charge in [0.2, 0.25) is 5.91 Å². The van der Waals surface area contributed by atoms with E-state index in [2.05, 4.69) is 31.5 Å². The van der Waals surface area contributed by atoms with Crippen molar-refractivity contribution in [2.75, 3.05) is 13.1 Å². The highest BCUT2D eigenvalue weighted by molar-refractivity contribution is 9.10. The normalized spacial score (nSPS) is 10.4. The molecule has 1 rings (SSSR count). The molecular formula is C12H15BrClN3O2. The Balaban J connectivity index is 2.51. The molecule has 1 aromatic heterocycles. The van der Waals surface area contributed by atoms with Gasteiger partial charge < -0.3 is 10.6 Å². The Morgan fingerprint density at radius 1 is 1.42 bits per heavy atom. The first-order valence-electron chi connectivity index (χ1n) is 5.76. The molecule has 0 aliphatic carbocycles. The van der Waals surface area contributed by atoms with E-state index in [0.29, 0.717) is 16.9 Å². The van der Waals surface area contributed by atoms with Crippen LogP contribution in [0.4, 0.5) is 0 Å². The van der Waals surface area contributed by atoms with E-state index < -0.39 is 5.91 Å². The van der Waals surface area contributed by atoms with Crippen LogP contribution in [0.1, 0.15) is 24.2 Å². The number of halogens is 2. The van der Waals surface area contributed by atoms with Gasteiger partial charge >= 0.3 is 0 Å². The molecule has 5 nitrogen and oxygen atoms in total. The average Bonchev–Trinajstić information content (AvgIpc) is 2.36. The first-order valence-corrected chi connectivity index (χ1v) is 6.93. The summed E-state index contributed by atoms with van der Waals surface area (Å²) in [5.41, 5.74) is 0.229. The molecule has 0 atom stereocenters. The SMILES string of the molecule is CC(C)CNC(=O)CNC(=O)c1cc(Br)cnc1Cl. The van der Waals surface area contributed by atoms with Gasteiger partial charge in [-0.3, -0.25) is 9.59 Å². The first kappa shape index (κ1) is 15.9. The standard InChI is InChI=1S/C12H15BrClN3O2/c1-7(2)4-15-10(18)6-17-12(19)9-3-8(13)5-16-11(9)14/h3,5,7H,4,6H2,1-2H3,(H,15,18)(H,17,19). The number of hydrogen-bond acceptors (Lipinski definition) is 3. The number of pyridine rings is 1. The third-order valence-electron chi connectivity index (χ3n) is 2.17. The summed E-state index contributed by atoms with van der Waals surface area (Å²) in [6.07, 6.45) is 1.49. The number of carbonyl (C=O) groups excluding carboxylic acids is 2. The molecule has 0 radical (unpaired) electrons. The largest absolute Gasteiger partial charge is 0.354 e. The molecule has 0 saturated carbocycles. The lowest BCUT2D eigenvalue weighted by atomic mass is 10.2. The monoisotopic (exact) mass is 347 g/mol. The van der Waals surface area contributed by atoms with Crippen LogP contribution in [-0.4, -0.2) is 29.9 Å². The van der Waals surface area contributed by atoms with E-state index in [1.54, 1.807) is 6.07 Å². The summed E-state index contributed by atoms with van der Waals surface area (Å²) < 4.78 is 0.645. The zero-order chi connectivity index (χ0) is 14.4. The Labute approximate surface area is 125 Å². The van der Waals surface area contributed by atoms with Crippen molar-refractivity contribution in [2.45, 2.75) is 13.8 Å². The van der Waals surface area contributed by atoms with E-state index in [4.69, 9.17) is 11.6 Å². The molecule has 0 aromatic carbocycles. The second kappa shape index (κ2) is 7.45. The number of hydrogen-bond donors (Lipinski definition) is 2. The number of aromatic nitrogens is 1. The van der Waals surface area contributed by atoms with Crippen LogP contribution in [0, 0.1) is 5.92 Å². The first-order chi connectivity index (χ1) is 8.90. The van der Waals surface area contributed by atoms with Crippen molar-refractivity contribution in [2.24, 2.45) is 5.92 Å². The molecule has 0 fully saturated rings. The van der Waals surface area contributed by atoms with Gasteiger partial charge in [0.1, 0.15) is 5.15 Å². The van der Waals surface area contributed by atoms with E-state index in [0.717, 1.165) is 0 Å². The van der Waals surface area contributed by atoms with Crippen LogP contribution in [0.3, 0.4) is 0 Å². The molecule has 0 bridgehead atoms. The summed E-state index contributed by atoms with van der Waals surface area (Å²) >= 11 is 9.02. The molecule has 0 aliphatic rings. The number of amides is 2. The van der Waals surface area contributed by atoms with E-state index in [9.17, 15) is 9.59 Å². The molecule has 0 spiro atoms. The molecule has 2 N–H and O–H groups in total. The van der Waals surface area contributed by atoms with Gasteiger partial charge in [-0.05, 0) is 27.9 Å². The summed E-state index contributed by atoms with van der Waals surface area (Å²) in [5, 5.41) is 5.30. The van der Waals surface area contributed by atoms with E-state index in [-0.39, 0.29) is 23.2 Å². The zero-order valence-electron chi connectivity index (χ0n) is 10.7. The van der Waals surface area contributed by atoms with Crippen molar-refractivity contribution in [3.63, 3.8) is 0 Å². The van der Waals surface area contributed by atoms with Crippen LogP contribution < -0.4 is 10.6 Å². The quantitative estimate of drug-likeness (QED) is 0.800.